The molecule has 0 unspecified atom stereocenters. The van der Waals surface area contributed by atoms with Crippen molar-refractivity contribution in [1.82, 2.24) is 19.9 Å². The van der Waals surface area contributed by atoms with E-state index in [1.54, 1.807) is 12.5 Å². The summed E-state index contributed by atoms with van der Waals surface area (Å²) in [6.07, 6.45) is 7.18. The fourth-order valence-corrected chi connectivity index (χ4v) is 3.79. The summed E-state index contributed by atoms with van der Waals surface area (Å²) in [4.78, 5) is 17.9. The van der Waals surface area contributed by atoms with Gasteiger partial charge in [0.15, 0.2) is 0 Å². The Bertz CT molecular complexity index is 960. The van der Waals surface area contributed by atoms with Crippen LogP contribution in [0.25, 0.3) is 10.9 Å². The number of ether oxygens (including phenoxy) is 1. The normalized spacial score (nSPS) is 18.4. The van der Waals surface area contributed by atoms with Crippen LogP contribution in [0.3, 0.4) is 0 Å². The number of benzene rings is 1. The first-order chi connectivity index (χ1) is 13.7. The average Bonchev–Trinajstić information content (AvgIpc) is 3.09. The first-order valence-corrected chi connectivity index (χ1v) is 10.0. The molecule has 5 rings (SSSR count). The molecule has 1 aromatic carbocycles. The molecule has 3 aromatic rings. The molecule has 1 saturated heterocycles. The van der Waals surface area contributed by atoms with Crippen LogP contribution >= 0.6 is 0 Å². The van der Waals surface area contributed by atoms with Gasteiger partial charge in [-0.15, -0.1) is 0 Å². The summed E-state index contributed by atoms with van der Waals surface area (Å²) in [6, 6.07) is 6.40. The molecule has 146 valence electrons. The lowest BCUT2D eigenvalue weighted by atomic mass is 9.96. The van der Waals surface area contributed by atoms with Gasteiger partial charge in [0.2, 0.25) is 11.8 Å². The summed E-state index contributed by atoms with van der Waals surface area (Å²) in [5, 5.41) is 1.00. The number of aromatic nitrogens is 3. The fraction of sp³-hybridized carbons (Fsp3) is 0.476. The zero-order valence-electron chi connectivity index (χ0n) is 16.2. The van der Waals surface area contributed by atoms with Crippen molar-refractivity contribution in [2.75, 3.05) is 31.1 Å². The van der Waals surface area contributed by atoms with Crippen molar-refractivity contribution >= 4 is 16.6 Å². The van der Waals surface area contributed by atoms with Crippen LogP contribution in [-0.4, -0.2) is 52.1 Å². The van der Waals surface area contributed by atoms with Crippen LogP contribution in [0.4, 0.5) is 5.69 Å². The second-order valence-electron chi connectivity index (χ2n) is 7.68. The van der Waals surface area contributed by atoms with E-state index >= 15 is 0 Å². The highest BCUT2D eigenvalue weighted by Crippen LogP contribution is 2.31. The molecule has 0 spiro atoms. The topological polar surface area (TPSA) is 67.5 Å². The van der Waals surface area contributed by atoms with Gasteiger partial charge in [-0.25, -0.2) is 15.0 Å². The van der Waals surface area contributed by atoms with Gasteiger partial charge >= 0.3 is 0 Å². The number of piperazine rings is 1. The molecule has 0 N–H and O–H groups in total. The first kappa shape index (κ1) is 17.4. The highest BCUT2D eigenvalue weighted by molar-refractivity contribution is 5.86. The van der Waals surface area contributed by atoms with Gasteiger partial charge in [0.05, 0.1) is 23.6 Å². The molecule has 2 aliphatic rings. The van der Waals surface area contributed by atoms with Gasteiger partial charge in [0.25, 0.3) is 0 Å². The Kier molecular flexibility index (Phi) is 4.60. The molecule has 0 radical (unpaired) electrons. The Balaban J connectivity index is 1.29. The summed E-state index contributed by atoms with van der Waals surface area (Å²) in [5.74, 6) is 2.38. The van der Waals surface area contributed by atoms with Gasteiger partial charge in [-0.2, -0.15) is 0 Å². The van der Waals surface area contributed by atoms with E-state index in [-0.39, 0.29) is 0 Å². The van der Waals surface area contributed by atoms with E-state index < -0.39 is 0 Å². The molecule has 0 bridgehead atoms. The third-order valence-corrected chi connectivity index (χ3v) is 5.68. The molecule has 1 aliphatic heterocycles. The summed E-state index contributed by atoms with van der Waals surface area (Å²) in [6.45, 7) is 6.61. The van der Waals surface area contributed by atoms with Crippen LogP contribution in [0, 0.1) is 6.92 Å². The van der Waals surface area contributed by atoms with Gasteiger partial charge in [0, 0.05) is 31.9 Å². The van der Waals surface area contributed by atoms with Crippen LogP contribution < -0.4 is 9.64 Å². The lowest BCUT2D eigenvalue weighted by Crippen LogP contribution is -2.46. The van der Waals surface area contributed by atoms with E-state index in [4.69, 9.17) is 9.15 Å². The Morgan fingerprint density at radius 3 is 2.68 bits per heavy atom. The largest absolute Gasteiger partial charge is 0.474 e. The Hall–Kier alpha value is -2.67. The summed E-state index contributed by atoms with van der Waals surface area (Å²) < 4.78 is 11.7. The zero-order chi connectivity index (χ0) is 18.9. The minimum atomic E-state index is 0.309. The molecule has 28 heavy (non-hydrogen) atoms. The minimum absolute atomic E-state index is 0.309. The van der Waals surface area contributed by atoms with Crippen LogP contribution in [0.2, 0.25) is 0 Å². The quantitative estimate of drug-likeness (QED) is 0.674. The molecule has 2 aromatic heterocycles. The number of nitrogens with zero attached hydrogens (tertiary/aromatic N) is 5. The highest BCUT2D eigenvalue weighted by Gasteiger charge is 2.22. The molecule has 7 nitrogen and oxygen atoms in total. The Morgan fingerprint density at radius 2 is 1.96 bits per heavy atom. The number of hydrogen-bond acceptors (Lipinski definition) is 7. The van der Waals surface area contributed by atoms with E-state index in [9.17, 15) is 0 Å². The van der Waals surface area contributed by atoms with E-state index in [0.717, 1.165) is 74.0 Å². The van der Waals surface area contributed by atoms with Gasteiger partial charge in [0.1, 0.15) is 18.2 Å². The average molecular weight is 379 g/mol. The van der Waals surface area contributed by atoms with Crippen molar-refractivity contribution in [3.05, 3.63) is 42.4 Å². The van der Waals surface area contributed by atoms with Crippen LogP contribution in [0.1, 0.15) is 30.9 Å². The first-order valence-electron chi connectivity index (χ1n) is 10.0. The smallest absolute Gasteiger partial charge is 0.224 e. The number of rotatable bonds is 5. The van der Waals surface area contributed by atoms with E-state index in [0.29, 0.717) is 6.10 Å². The Morgan fingerprint density at radius 1 is 1.11 bits per heavy atom. The van der Waals surface area contributed by atoms with Gasteiger partial charge < -0.3 is 14.1 Å². The monoisotopic (exact) mass is 379 g/mol. The second kappa shape index (κ2) is 7.39. The van der Waals surface area contributed by atoms with Gasteiger partial charge in [-0.1, -0.05) is 0 Å². The molecule has 2 fully saturated rings. The summed E-state index contributed by atoms with van der Waals surface area (Å²) in [5.41, 5.74) is 2.14. The Labute approximate surface area is 164 Å². The second-order valence-corrected chi connectivity index (χ2v) is 7.68. The van der Waals surface area contributed by atoms with Gasteiger partial charge in [-0.3, -0.25) is 4.90 Å². The van der Waals surface area contributed by atoms with E-state index in [1.165, 1.54) is 12.1 Å². The fourth-order valence-electron chi connectivity index (χ4n) is 3.79. The van der Waals surface area contributed by atoms with Crippen molar-refractivity contribution in [1.29, 1.82) is 0 Å². The van der Waals surface area contributed by atoms with E-state index in [2.05, 4.69) is 43.0 Å². The van der Waals surface area contributed by atoms with Crippen molar-refractivity contribution in [3.8, 4) is 5.88 Å². The molecule has 1 saturated carbocycles. The van der Waals surface area contributed by atoms with Crippen molar-refractivity contribution in [2.24, 2.45) is 0 Å². The van der Waals surface area contributed by atoms with Crippen molar-refractivity contribution in [3.63, 3.8) is 0 Å². The summed E-state index contributed by atoms with van der Waals surface area (Å²) in [7, 11) is 0. The number of fused-ring (bicyclic) bond motifs is 1. The predicted octanol–water partition coefficient (Wildman–Crippen LogP) is 3.18. The number of hydrogen-bond donors (Lipinski definition) is 0. The molecule has 7 heteroatoms. The minimum Gasteiger partial charge on any atom is -0.474 e. The van der Waals surface area contributed by atoms with Crippen LogP contribution in [0.5, 0.6) is 5.88 Å². The van der Waals surface area contributed by atoms with Crippen LogP contribution in [-0.2, 0) is 6.54 Å². The lowest BCUT2D eigenvalue weighted by Gasteiger charge is -2.35. The number of aryl methyl sites for hydroxylation is 1. The number of anilines is 1. The molecule has 3 heterocycles. The van der Waals surface area contributed by atoms with E-state index in [1.807, 2.05) is 6.92 Å². The number of oxazole rings is 1. The standard InChI is InChI=1S/C21H25N5O2/c1-15-12-22-20(27-15)13-25-7-9-26(10-8-25)16-5-6-19-18(11-16)21(24-14-23-19)28-17-3-2-4-17/h5-6,11-12,14,17H,2-4,7-10,13H2,1H3. The van der Waals surface area contributed by atoms with Crippen molar-refractivity contribution < 1.29 is 9.15 Å². The molecule has 1 aliphatic carbocycles. The maximum atomic E-state index is 6.10. The van der Waals surface area contributed by atoms with Crippen molar-refractivity contribution in [2.45, 2.75) is 38.8 Å². The summed E-state index contributed by atoms with van der Waals surface area (Å²) >= 11 is 0. The third-order valence-electron chi connectivity index (χ3n) is 5.68. The maximum absolute atomic E-state index is 6.10. The maximum Gasteiger partial charge on any atom is 0.224 e. The molecule has 0 atom stereocenters. The highest BCUT2D eigenvalue weighted by atomic mass is 16.5. The van der Waals surface area contributed by atoms with Crippen LogP contribution in [0.15, 0.2) is 35.1 Å². The molecule has 0 amide bonds. The lowest BCUT2D eigenvalue weighted by molar-refractivity contribution is 0.116. The molecular weight excluding hydrogens is 354 g/mol. The predicted molar refractivity (Wildman–Crippen MR) is 107 cm³/mol. The molecular formula is C21H25N5O2. The third kappa shape index (κ3) is 3.54. The SMILES string of the molecule is Cc1cnc(CN2CCN(c3ccc4ncnc(OC5CCC5)c4c3)CC2)o1. The zero-order valence-corrected chi connectivity index (χ0v) is 16.2. The van der Waals surface area contributed by atoms with Gasteiger partial charge in [-0.05, 0) is 44.4 Å².